The third-order valence-electron chi connectivity index (χ3n) is 7.01. The fraction of sp³-hybridized carbons (Fsp3) is 0.778. The second kappa shape index (κ2) is 18.4. The highest BCUT2D eigenvalue weighted by molar-refractivity contribution is 5.95. The molecule has 0 aromatic carbocycles. The topological polar surface area (TPSA) is 267 Å². The molecule has 0 aromatic heterocycles. The SMILES string of the molecule is CC(C)C[C@H](N)C(=O)N[C@@H](CCCCN)C(=O)N1CCC[C@H]1C(=O)NCC(=O)N[C@H](C(=O)N[C@H](C(=O)O)[C@@H](C)O)[C@@H](C)O. The Morgan fingerprint density at radius 2 is 1.53 bits per heavy atom. The van der Waals surface area contributed by atoms with Gasteiger partial charge in [0, 0.05) is 6.54 Å². The smallest absolute Gasteiger partial charge is 0.328 e. The Hall–Kier alpha value is -3.34. The predicted octanol–water partition coefficient (Wildman–Crippen LogP) is -3.10. The lowest BCUT2D eigenvalue weighted by Gasteiger charge is -2.29. The summed E-state index contributed by atoms with van der Waals surface area (Å²) in [5.74, 6) is -4.78. The van der Waals surface area contributed by atoms with Crippen molar-refractivity contribution in [2.75, 3.05) is 19.6 Å². The molecule has 1 fully saturated rings. The first kappa shape index (κ1) is 37.7. The fourth-order valence-corrected chi connectivity index (χ4v) is 4.69. The summed E-state index contributed by atoms with van der Waals surface area (Å²) in [5, 5.41) is 38.1. The number of nitrogens with two attached hydrogens (primary N) is 2. The molecule has 5 amide bonds. The Balaban J connectivity index is 2.87. The number of carbonyl (C=O) groups excluding carboxylic acids is 5. The van der Waals surface area contributed by atoms with E-state index in [1.807, 2.05) is 19.2 Å². The third kappa shape index (κ3) is 12.4. The van der Waals surface area contributed by atoms with Gasteiger partial charge in [0.1, 0.15) is 18.1 Å². The molecule has 0 spiro atoms. The van der Waals surface area contributed by atoms with Gasteiger partial charge in [0.15, 0.2) is 6.04 Å². The summed E-state index contributed by atoms with van der Waals surface area (Å²) in [6, 6.07) is -5.86. The summed E-state index contributed by atoms with van der Waals surface area (Å²) in [4.78, 5) is 76.9. The molecule has 16 heteroatoms. The van der Waals surface area contributed by atoms with Crippen molar-refractivity contribution in [1.29, 1.82) is 0 Å². The second-order valence-electron chi connectivity index (χ2n) is 11.3. The number of aliphatic hydroxyl groups excluding tert-OH is 2. The number of nitrogens with zero attached hydrogens (tertiary/aromatic N) is 1. The summed E-state index contributed by atoms with van der Waals surface area (Å²) >= 11 is 0. The number of aliphatic hydroxyl groups is 2. The quantitative estimate of drug-likeness (QED) is 0.0697. The van der Waals surface area contributed by atoms with E-state index in [0.717, 1.165) is 6.92 Å². The molecular formula is C27H49N7O9. The maximum Gasteiger partial charge on any atom is 0.328 e. The molecule has 1 aliphatic rings. The Morgan fingerprint density at radius 1 is 0.907 bits per heavy atom. The first-order valence-corrected chi connectivity index (χ1v) is 14.6. The van der Waals surface area contributed by atoms with Gasteiger partial charge in [-0.2, -0.15) is 0 Å². The average molecular weight is 616 g/mol. The van der Waals surface area contributed by atoms with Crippen molar-refractivity contribution < 1.29 is 44.1 Å². The molecule has 246 valence electrons. The van der Waals surface area contributed by atoms with Gasteiger partial charge >= 0.3 is 5.97 Å². The predicted molar refractivity (Wildman–Crippen MR) is 155 cm³/mol. The molecule has 0 unspecified atom stereocenters. The van der Waals surface area contributed by atoms with Crippen LogP contribution in [0.2, 0.25) is 0 Å². The number of unbranched alkanes of at least 4 members (excludes halogenated alkanes) is 1. The van der Waals surface area contributed by atoms with Crippen LogP contribution < -0.4 is 32.7 Å². The highest BCUT2D eigenvalue weighted by Crippen LogP contribution is 2.20. The molecule has 1 aliphatic heterocycles. The van der Waals surface area contributed by atoms with Gasteiger partial charge in [0.2, 0.25) is 29.5 Å². The highest BCUT2D eigenvalue weighted by Gasteiger charge is 2.38. The van der Waals surface area contributed by atoms with Crippen LogP contribution in [0.25, 0.3) is 0 Å². The van der Waals surface area contributed by atoms with Gasteiger partial charge < -0.3 is 53.0 Å². The number of likely N-dealkylation sites (tertiary alicyclic amines) is 1. The normalized spacial score (nSPS) is 19.0. The van der Waals surface area contributed by atoms with Crippen LogP contribution in [0.5, 0.6) is 0 Å². The molecule has 1 saturated heterocycles. The van der Waals surface area contributed by atoms with Crippen LogP contribution in [0.3, 0.4) is 0 Å². The summed E-state index contributed by atoms with van der Waals surface area (Å²) in [5.41, 5.74) is 11.6. The highest BCUT2D eigenvalue weighted by atomic mass is 16.4. The number of hydrogen-bond acceptors (Lipinski definition) is 10. The van der Waals surface area contributed by atoms with E-state index < -0.39 is 84.5 Å². The minimum absolute atomic E-state index is 0.173. The van der Waals surface area contributed by atoms with Gasteiger partial charge in [-0.05, 0) is 64.8 Å². The minimum atomic E-state index is -1.67. The molecule has 7 atom stereocenters. The van der Waals surface area contributed by atoms with Crippen LogP contribution in [0.15, 0.2) is 0 Å². The average Bonchev–Trinajstić information content (AvgIpc) is 3.41. The van der Waals surface area contributed by atoms with Gasteiger partial charge in [-0.1, -0.05) is 13.8 Å². The zero-order valence-corrected chi connectivity index (χ0v) is 25.4. The summed E-state index contributed by atoms with van der Waals surface area (Å²) < 4.78 is 0. The molecule has 0 aliphatic carbocycles. The van der Waals surface area contributed by atoms with E-state index in [-0.39, 0.29) is 12.5 Å². The molecule has 0 radical (unpaired) electrons. The van der Waals surface area contributed by atoms with E-state index in [2.05, 4.69) is 16.0 Å². The molecule has 1 rings (SSSR count). The number of hydrogen-bond donors (Lipinski definition) is 9. The fourth-order valence-electron chi connectivity index (χ4n) is 4.69. The molecule has 1 heterocycles. The number of nitrogens with one attached hydrogen (secondary N) is 4. The Labute approximate surface area is 251 Å². The van der Waals surface area contributed by atoms with Gasteiger partial charge in [-0.15, -0.1) is 0 Å². The van der Waals surface area contributed by atoms with Crippen LogP contribution in [-0.4, -0.2) is 118 Å². The van der Waals surface area contributed by atoms with Gasteiger partial charge in [0.25, 0.3) is 0 Å². The molecule has 16 nitrogen and oxygen atoms in total. The molecule has 0 saturated carbocycles. The number of carboxylic acids is 1. The van der Waals surface area contributed by atoms with Crippen molar-refractivity contribution >= 4 is 35.5 Å². The number of rotatable bonds is 18. The van der Waals surface area contributed by atoms with Crippen molar-refractivity contribution in [3.63, 3.8) is 0 Å². The number of carbonyl (C=O) groups is 6. The lowest BCUT2D eigenvalue weighted by atomic mass is 10.0. The Bertz CT molecular complexity index is 976. The monoisotopic (exact) mass is 615 g/mol. The van der Waals surface area contributed by atoms with Crippen molar-refractivity contribution in [2.24, 2.45) is 17.4 Å². The van der Waals surface area contributed by atoms with E-state index in [4.69, 9.17) is 16.6 Å². The van der Waals surface area contributed by atoms with Crippen molar-refractivity contribution in [3.05, 3.63) is 0 Å². The Kier molecular flexibility index (Phi) is 16.1. The van der Waals surface area contributed by atoms with Gasteiger partial charge in [0.05, 0.1) is 24.8 Å². The Morgan fingerprint density at radius 3 is 2.07 bits per heavy atom. The molecule has 11 N–H and O–H groups in total. The molecule has 0 aromatic rings. The van der Waals surface area contributed by atoms with E-state index in [9.17, 15) is 39.0 Å². The molecule has 43 heavy (non-hydrogen) atoms. The van der Waals surface area contributed by atoms with Crippen LogP contribution in [0.1, 0.15) is 66.2 Å². The van der Waals surface area contributed by atoms with Crippen molar-refractivity contribution in [3.8, 4) is 0 Å². The second-order valence-corrected chi connectivity index (χ2v) is 11.3. The number of carboxylic acid groups (broad SMARTS) is 1. The van der Waals surface area contributed by atoms with Crippen LogP contribution >= 0.6 is 0 Å². The molecule has 0 bridgehead atoms. The lowest BCUT2D eigenvalue weighted by molar-refractivity contribution is -0.145. The minimum Gasteiger partial charge on any atom is -0.480 e. The summed E-state index contributed by atoms with van der Waals surface area (Å²) in [6.45, 7) is 6.28. The summed E-state index contributed by atoms with van der Waals surface area (Å²) in [7, 11) is 0. The largest absolute Gasteiger partial charge is 0.480 e. The van der Waals surface area contributed by atoms with Gasteiger partial charge in [-0.3, -0.25) is 24.0 Å². The first-order valence-electron chi connectivity index (χ1n) is 14.6. The van der Waals surface area contributed by atoms with Crippen LogP contribution in [-0.2, 0) is 28.8 Å². The first-order chi connectivity index (χ1) is 20.1. The zero-order chi connectivity index (χ0) is 32.9. The van der Waals surface area contributed by atoms with Crippen molar-refractivity contribution in [2.45, 2.75) is 109 Å². The standard InChI is InChI=1S/C27H49N7O9/c1-14(2)12-17(29)23(38)31-18(8-5-6-10-28)26(41)34-11-7-9-19(34)24(39)30-13-20(37)32-21(15(3)35)25(40)33-22(16(4)36)27(42)43/h14-19,21-22,35-36H,5-13,28-29H2,1-4H3,(H,30,39)(H,31,38)(H,32,37)(H,33,40)(H,42,43)/t15-,16-,17+,18+,19+,21+,22+/m1/s1. The third-order valence-corrected chi connectivity index (χ3v) is 7.01. The zero-order valence-electron chi connectivity index (χ0n) is 25.4. The van der Waals surface area contributed by atoms with E-state index >= 15 is 0 Å². The lowest BCUT2D eigenvalue weighted by Crippen LogP contribution is -2.59. The summed E-state index contributed by atoms with van der Waals surface area (Å²) in [6.07, 6.45) is -0.0960. The van der Waals surface area contributed by atoms with Gasteiger partial charge in [-0.25, -0.2) is 4.79 Å². The van der Waals surface area contributed by atoms with Crippen LogP contribution in [0, 0.1) is 5.92 Å². The van der Waals surface area contributed by atoms with E-state index in [1.165, 1.54) is 11.8 Å². The maximum absolute atomic E-state index is 13.5. The van der Waals surface area contributed by atoms with E-state index in [0.29, 0.717) is 45.1 Å². The maximum atomic E-state index is 13.5. The van der Waals surface area contributed by atoms with Crippen molar-refractivity contribution in [1.82, 2.24) is 26.2 Å². The number of amides is 5. The van der Waals surface area contributed by atoms with Crippen LogP contribution in [0.4, 0.5) is 0 Å². The van der Waals surface area contributed by atoms with E-state index in [1.54, 1.807) is 0 Å². The molecular weight excluding hydrogens is 566 g/mol. The number of aliphatic carboxylic acids is 1.